The Kier molecular flexibility index (Phi) is 7.57. The summed E-state index contributed by atoms with van der Waals surface area (Å²) in [6.07, 6.45) is 4.55. The Balaban J connectivity index is 1.15. The second-order valence-corrected chi connectivity index (χ2v) is 10.3. The van der Waals surface area contributed by atoms with E-state index < -0.39 is 6.03 Å². The van der Waals surface area contributed by atoms with Crippen molar-refractivity contribution < 1.29 is 18.8 Å². The highest BCUT2D eigenvalue weighted by Gasteiger charge is 2.20. The highest BCUT2D eigenvalue weighted by Crippen LogP contribution is 2.25. The number of anilines is 2. The lowest BCUT2D eigenvalue weighted by Gasteiger charge is -2.26. The summed E-state index contributed by atoms with van der Waals surface area (Å²) < 4.78 is 18.4. The van der Waals surface area contributed by atoms with Crippen molar-refractivity contribution >= 4 is 23.2 Å². The van der Waals surface area contributed by atoms with Crippen LogP contribution < -0.4 is 15.4 Å². The zero-order chi connectivity index (χ0) is 26.5. The number of carbonyl (C=O) groups excluding carboxylic acids is 1. The molecule has 3 aromatic heterocycles. The van der Waals surface area contributed by atoms with Gasteiger partial charge in [0.1, 0.15) is 17.7 Å². The minimum atomic E-state index is -0.400. The first kappa shape index (κ1) is 25.7. The third-order valence-corrected chi connectivity index (χ3v) is 6.22. The van der Waals surface area contributed by atoms with Crippen LogP contribution >= 0.6 is 0 Å². The van der Waals surface area contributed by atoms with E-state index in [1.165, 1.54) is 0 Å². The molecule has 0 saturated carbocycles. The van der Waals surface area contributed by atoms with Crippen molar-refractivity contribution in [2.45, 2.75) is 32.6 Å². The molecule has 0 unspecified atom stereocenters. The van der Waals surface area contributed by atoms with Crippen molar-refractivity contribution in [1.29, 1.82) is 0 Å². The first-order valence-corrected chi connectivity index (χ1v) is 12.8. The molecule has 1 aliphatic heterocycles. The highest BCUT2D eigenvalue weighted by atomic mass is 16.5. The van der Waals surface area contributed by atoms with Crippen LogP contribution in [0.25, 0.3) is 16.9 Å². The summed E-state index contributed by atoms with van der Waals surface area (Å²) in [7, 11) is 0. The van der Waals surface area contributed by atoms with Crippen molar-refractivity contribution in [3.63, 3.8) is 0 Å². The number of rotatable bonds is 8. The van der Waals surface area contributed by atoms with Gasteiger partial charge in [-0.3, -0.25) is 14.6 Å². The maximum absolute atomic E-state index is 12.4. The summed E-state index contributed by atoms with van der Waals surface area (Å²) in [6, 6.07) is 10.6. The number of imidazole rings is 1. The normalized spacial score (nSPS) is 14.5. The lowest BCUT2D eigenvalue weighted by atomic mass is 9.93. The van der Waals surface area contributed by atoms with Gasteiger partial charge >= 0.3 is 6.03 Å². The van der Waals surface area contributed by atoms with Gasteiger partial charge < -0.3 is 19.3 Å². The molecule has 1 aromatic carbocycles. The van der Waals surface area contributed by atoms with Gasteiger partial charge in [-0.2, -0.15) is 0 Å². The monoisotopic (exact) mass is 519 g/mol. The quantitative estimate of drug-likeness (QED) is 0.328. The van der Waals surface area contributed by atoms with Crippen LogP contribution in [0.2, 0.25) is 0 Å². The van der Waals surface area contributed by atoms with E-state index in [0.717, 1.165) is 56.2 Å². The van der Waals surface area contributed by atoms with Crippen molar-refractivity contribution in [3.05, 3.63) is 54.7 Å². The molecule has 200 valence electrons. The predicted octanol–water partition coefficient (Wildman–Crippen LogP) is 4.43. The second kappa shape index (κ2) is 11.2. The van der Waals surface area contributed by atoms with Crippen LogP contribution in [0.1, 0.15) is 33.0 Å². The van der Waals surface area contributed by atoms with Gasteiger partial charge in [0, 0.05) is 54.6 Å². The molecule has 0 radical (unpaired) electrons. The van der Waals surface area contributed by atoms with Gasteiger partial charge in [-0.25, -0.2) is 14.8 Å². The third-order valence-electron chi connectivity index (χ3n) is 6.22. The number of ether oxygens (including phenoxy) is 2. The first-order chi connectivity index (χ1) is 18.3. The van der Waals surface area contributed by atoms with E-state index in [2.05, 4.69) is 25.7 Å². The van der Waals surface area contributed by atoms with Gasteiger partial charge in [-0.05, 0) is 18.6 Å². The van der Waals surface area contributed by atoms with Crippen molar-refractivity contribution in [3.8, 4) is 17.1 Å². The fourth-order valence-corrected chi connectivity index (χ4v) is 4.07. The van der Waals surface area contributed by atoms with Gasteiger partial charge in [0.05, 0.1) is 25.5 Å². The van der Waals surface area contributed by atoms with Crippen LogP contribution in [0, 0.1) is 0 Å². The van der Waals surface area contributed by atoms with E-state index >= 15 is 0 Å². The number of hydrogen-bond acceptors (Lipinski definition) is 8. The summed E-state index contributed by atoms with van der Waals surface area (Å²) in [6.45, 7) is 11.2. The van der Waals surface area contributed by atoms with Crippen molar-refractivity contribution in [1.82, 2.24) is 24.4 Å². The molecular formula is C27H33N7O4. The number of amides is 2. The predicted molar refractivity (Wildman–Crippen MR) is 144 cm³/mol. The number of fused-ring (bicyclic) bond motifs is 1. The van der Waals surface area contributed by atoms with E-state index in [-0.39, 0.29) is 5.41 Å². The fourth-order valence-electron chi connectivity index (χ4n) is 4.07. The number of aromatic nitrogens is 4. The minimum absolute atomic E-state index is 0.190. The van der Waals surface area contributed by atoms with Crippen LogP contribution in [0.4, 0.5) is 16.3 Å². The minimum Gasteiger partial charge on any atom is -0.477 e. The lowest BCUT2D eigenvalue weighted by Crippen LogP contribution is -2.37. The molecule has 1 fully saturated rings. The Bertz CT molecular complexity index is 1370. The van der Waals surface area contributed by atoms with Crippen LogP contribution in [-0.4, -0.2) is 69.9 Å². The molecule has 2 N–H and O–H groups in total. The Morgan fingerprint density at radius 2 is 1.89 bits per heavy atom. The number of nitrogens with zero attached hydrogens (tertiary/aromatic N) is 5. The molecule has 5 rings (SSSR count). The first-order valence-electron chi connectivity index (χ1n) is 12.8. The molecule has 0 bridgehead atoms. The fraction of sp³-hybridized carbons (Fsp3) is 0.407. The van der Waals surface area contributed by atoms with Crippen molar-refractivity contribution in [2.75, 3.05) is 50.1 Å². The van der Waals surface area contributed by atoms with Gasteiger partial charge in [0.2, 0.25) is 5.88 Å². The summed E-state index contributed by atoms with van der Waals surface area (Å²) in [5, 5.41) is 9.40. The van der Waals surface area contributed by atoms with E-state index in [1.807, 2.05) is 61.7 Å². The lowest BCUT2D eigenvalue weighted by molar-refractivity contribution is 0.0357. The maximum atomic E-state index is 12.4. The summed E-state index contributed by atoms with van der Waals surface area (Å²) in [5.74, 6) is 1.62. The summed E-state index contributed by atoms with van der Waals surface area (Å²) in [5.41, 5.74) is 2.92. The van der Waals surface area contributed by atoms with E-state index in [1.54, 1.807) is 12.4 Å². The topological polar surface area (TPSA) is 119 Å². The highest BCUT2D eigenvalue weighted by molar-refractivity contribution is 5.99. The van der Waals surface area contributed by atoms with E-state index in [0.29, 0.717) is 29.8 Å². The number of nitrogens with one attached hydrogen (secondary N) is 2. The Hall–Kier alpha value is -3.96. The molecule has 1 aliphatic rings. The zero-order valence-corrected chi connectivity index (χ0v) is 21.9. The molecule has 11 nitrogen and oxygen atoms in total. The molecular weight excluding hydrogens is 486 g/mol. The number of carbonyl (C=O) groups is 1. The maximum Gasteiger partial charge on any atom is 0.324 e. The SMILES string of the molecule is CC(C)(C)c1cc(NC(=O)Nc2ccc(-c3cn4cnc(OCCCN5CCOCC5)cc4n3)cc2)no1. The standard InChI is InChI=1S/C27H33N7O4/c1-27(2,3)22-15-23(32-38-22)31-26(35)29-20-7-5-19(6-8-20)21-17-34-18-28-25(16-24(34)30-21)37-12-4-9-33-10-13-36-14-11-33/h5-8,15-18H,4,9-14H2,1-3H3,(H2,29,31,32,35). The van der Waals surface area contributed by atoms with Crippen LogP contribution in [0.5, 0.6) is 5.88 Å². The molecule has 38 heavy (non-hydrogen) atoms. The van der Waals surface area contributed by atoms with Crippen LogP contribution in [0.15, 0.2) is 53.4 Å². The zero-order valence-electron chi connectivity index (χ0n) is 21.9. The van der Waals surface area contributed by atoms with E-state index in [9.17, 15) is 4.79 Å². The summed E-state index contributed by atoms with van der Waals surface area (Å²) >= 11 is 0. The molecule has 0 atom stereocenters. The Morgan fingerprint density at radius 3 is 2.63 bits per heavy atom. The van der Waals surface area contributed by atoms with Crippen LogP contribution in [-0.2, 0) is 10.2 Å². The second-order valence-electron chi connectivity index (χ2n) is 10.3. The Labute approximate surface area is 221 Å². The molecule has 1 saturated heterocycles. The molecule has 2 amide bonds. The number of morpholine rings is 1. The molecule has 11 heteroatoms. The van der Waals surface area contributed by atoms with Gasteiger partial charge in [0.25, 0.3) is 0 Å². The number of benzene rings is 1. The largest absolute Gasteiger partial charge is 0.477 e. The van der Waals surface area contributed by atoms with Gasteiger partial charge in [-0.1, -0.05) is 38.1 Å². The third kappa shape index (κ3) is 6.48. The Morgan fingerprint density at radius 1 is 1.11 bits per heavy atom. The number of hydrogen-bond donors (Lipinski definition) is 2. The molecule has 0 aliphatic carbocycles. The van der Waals surface area contributed by atoms with Gasteiger partial charge in [0.15, 0.2) is 5.82 Å². The molecule has 4 heterocycles. The van der Waals surface area contributed by atoms with E-state index in [4.69, 9.17) is 19.0 Å². The average Bonchev–Trinajstić information content (AvgIpc) is 3.55. The summed E-state index contributed by atoms with van der Waals surface area (Å²) in [4.78, 5) is 23.9. The molecule has 0 spiro atoms. The molecule has 4 aromatic rings. The number of urea groups is 1. The van der Waals surface area contributed by atoms with Crippen molar-refractivity contribution in [2.24, 2.45) is 0 Å². The van der Waals surface area contributed by atoms with Gasteiger partial charge in [-0.15, -0.1) is 0 Å². The van der Waals surface area contributed by atoms with Crippen LogP contribution in [0.3, 0.4) is 0 Å². The smallest absolute Gasteiger partial charge is 0.324 e. The average molecular weight is 520 g/mol.